The molecule has 14 heavy (non-hydrogen) atoms. The molecule has 1 aromatic rings. The molecular formula is C9H8FN3O. The van der Waals surface area contributed by atoms with Crippen molar-refractivity contribution < 1.29 is 9.18 Å². The van der Waals surface area contributed by atoms with Gasteiger partial charge < -0.3 is 5.73 Å². The number of hydrogen-bond donors (Lipinski definition) is 1. The van der Waals surface area contributed by atoms with E-state index in [2.05, 4.69) is 9.98 Å². The molecule has 72 valence electrons. The number of carbonyl (C=O) groups excluding carboxylic acids is 1. The second-order valence-corrected chi connectivity index (χ2v) is 2.40. The average molecular weight is 193 g/mol. The monoisotopic (exact) mass is 193 g/mol. The fraction of sp³-hybridized carbons (Fsp3) is 0. The summed E-state index contributed by atoms with van der Waals surface area (Å²) >= 11 is 0. The van der Waals surface area contributed by atoms with Crippen LogP contribution in [0, 0.1) is 5.82 Å². The van der Waals surface area contributed by atoms with E-state index in [4.69, 9.17) is 5.73 Å². The summed E-state index contributed by atoms with van der Waals surface area (Å²) in [7, 11) is 0. The number of aromatic nitrogens is 1. The first-order valence-corrected chi connectivity index (χ1v) is 3.79. The predicted molar refractivity (Wildman–Crippen MR) is 50.7 cm³/mol. The van der Waals surface area contributed by atoms with Crippen LogP contribution in [0.2, 0.25) is 0 Å². The molecule has 0 bridgehead atoms. The Hall–Kier alpha value is -2.04. The molecule has 0 atom stereocenters. The summed E-state index contributed by atoms with van der Waals surface area (Å²) in [6.07, 6.45) is 4.21. The molecule has 0 aliphatic rings. The summed E-state index contributed by atoms with van der Waals surface area (Å²) in [4.78, 5) is 17.6. The highest BCUT2D eigenvalue weighted by Gasteiger charge is 1.90. The molecule has 0 aliphatic carbocycles. The first-order valence-electron chi connectivity index (χ1n) is 3.79. The van der Waals surface area contributed by atoms with Crippen LogP contribution < -0.4 is 5.73 Å². The smallest absolute Gasteiger partial charge is 0.165 e. The lowest BCUT2D eigenvalue weighted by Gasteiger charge is -1.90. The lowest BCUT2D eigenvalue weighted by atomic mass is 10.4. The van der Waals surface area contributed by atoms with Gasteiger partial charge in [-0.2, -0.15) is 0 Å². The SMILES string of the molecule is NC(C=O)=CC=Nc1ccc(F)cn1. The molecule has 0 amide bonds. The van der Waals surface area contributed by atoms with E-state index in [-0.39, 0.29) is 5.70 Å². The molecule has 0 unspecified atom stereocenters. The van der Waals surface area contributed by atoms with E-state index in [0.717, 1.165) is 6.20 Å². The van der Waals surface area contributed by atoms with Crippen LogP contribution in [0.3, 0.4) is 0 Å². The summed E-state index contributed by atoms with van der Waals surface area (Å²) in [5, 5.41) is 0. The molecule has 1 rings (SSSR count). The summed E-state index contributed by atoms with van der Waals surface area (Å²) in [5.74, 6) is -0.0757. The van der Waals surface area contributed by atoms with Gasteiger partial charge in [0.05, 0.1) is 11.9 Å². The molecule has 5 heteroatoms. The molecule has 0 aromatic carbocycles. The number of hydrogen-bond acceptors (Lipinski definition) is 4. The zero-order valence-corrected chi connectivity index (χ0v) is 7.22. The van der Waals surface area contributed by atoms with E-state index < -0.39 is 5.82 Å². The number of nitrogens with two attached hydrogens (primary N) is 1. The molecule has 1 aromatic heterocycles. The van der Waals surface area contributed by atoms with Crippen LogP contribution in [-0.2, 0) is 4.79 Å². The van der Waals surface area contributed by atoms with Crippen molar-refractivity contribution in [2.75, 3.05) is 0 Å². The van der Waals surface area contributed by atoms with Crippen molar-refractivity contribution in [1.82, 2.24) is 4.98 Å². The Morgan fingerprint density at radius 2 is 2.36 bits per heavy atom. The number of nitrogens with zero attached hydrogens (tertiary/aromatic N) is 2. The quantitative estimate of drug-likeness (QED) is 0.441. The van der Waals surface area contributed by atoms with Crippen LogP contribution in [0.15, 0.2) is 35.1 Å². The number of aliphatic imine (C=N–C) groups is 1. The Balaban J connectivity index is 2.69. The topological polar surface area (TPSA) is 68.3 Å². The van der Waals surface area contributed by atoms with Crippen molar-refractivity contribution in [3.05, 3.63) is 35.9 Å². The molecule has 2 N–H and O–H groups in total. The minimum absolute atomic E-state index is 0.0656. The van der Waals surface area contributed by atoms with Gasteiger partial charge in [-0.05, 0) is 18.2 Å². The number of halogens is 1. The molecule has 0 spiro atoms. The maximum atomic E-state index is 12.4. The normalized spacial score (nSPS) is 11.9. The van der Waals surface area contributed by atoms with E-state index >= 15 is 0 Å². The second-order valence-electron chi connectivity index (χ2n) is 2.40. The average Bonchev–Trinajstić information content (AvgIpc) is 2.21. The zero-order valence-electron chi connectivity index (χ0n) is 7.22. The van der Waals surface area contributed by atoms with Crippen molar-refractivity contribution in [2.24, 2.45) is 10.7 Å². The van der Waals surface area contributed by atoms with Crippen LogP contribution in [0.25, 0.3) is 0 Å². The fourth-order valence-electron chi connectivity index (χ4n) is 0.683. The molecule has 0 saturated heterocycles. The predicted octanol–water partition coefficient (Wildman–Crippen LogP) is 0.965. The third kappa shape index (κ3) is 3.14. The molecule has 0 radical (unpaired) electrons. The van der Waals surface area contributed by atoms with Crippen LogP contribution in [0.5, 0.6) is 0 Å². The Labute approximate surface area is 80.0 Å². The molecule has 4 nitrogen and oxygen atoms in total. The largest absolute Gasteiger partial charge is 0.396 e. The third-order valence-corrected chi connectivity index (χ3v) is 1.32. The molecular weight excluding hydrogens is 185 g/mol. The number of pyridine rings is 1. The van der Waals surface area contributed by atoms with Gasteiger partial charge in [0.15, 0.2) is 12.1 Å². The number of allylic oxidation sites excluding steroid dienone is 2. The van der Waals surface area contributed by atoms with Gasteiger partial charge in [-0.15, -0.1) is 0 Å². The van der Waals surface area contributed by atoms with Crippen molar-refractivity contribution in [2.45, 2.75) is 0 Å². The summed E-state index contributed by atoms with van der Waals surface area (Å²) < 4.78 is 12.4. The van der Waals surface area contributed by atoms with E-state index in [0.29, 0.717) is 12.1 Å². The first kappa shape index (κ1) is 10.0. The molecule has 0 fully saturated rings. The number of rotatable bonds is 3. The van der Waals surface area contributed by atoms with Gasteiger partial charge in [0.1, 0.15) is 5.82 Å². The van der Waals surface area contributed by atoms with Crippen molar-refractivity contribution in [1.29, 1.82) is 0 Å². The van der Waals surface area contributed by atoms with E-state index in [9.17, 15) is 9.18 Å². The maximum absolute atomic E-state index is 12.4. The van der Waals surface area contributed by atoms with Gasteiger partial charge in [0.25, 0.3) is 0 Å². The Morgan fingerprint density at radius 3 is 2.93 bits per heavy atom. The molecule has 0 saturated carbocycles. The van der Waals surface area contributed by atoms with Crippen LogP contribution in [0.4, 0.5) is 10.2 Å². The summed E-state index contributed by atoms with van der Waals surface area (Å²) in [5.41, 5.74) is 5.25. The summed E-state index contributed by atoms with van der Waals surface area (Å²) in [6.45, 7) is 0. The van der Waals surface area contributed by atoms with Crippen LogP contribution in [0.1, 0.15) is 0 Å². The Kier molecular flexibility index (Phi) is 3.49. The minimum Gasteiger partial charge on any atom is -0.396 e. The van der Waals surface area contributed by atoms with E-state index in [1.165, 1.54) is 24.4 Å². The molecule has 1 heterocycles. The second kappa shape index (κ2) is 4.86. The lowest BCUT2D eigenvalue weighted by molar-refractivity contribution is -0.104. The van der Waals surface area contributed by atoms with E-state index in [1.54, 1.807) is 0 Å². The minimum atomic E-state index is -0.424. The van der Waals surface area contributed by atoms with Crippen LogP contribution in [-0.4, -0.2) is 17.5 Å². The Bertz CT molecular complexity index is 370. The highest BCUT2D eigenvalue weighted by Crippen LogP contribution is 2.06. The zero-order chi connectivity index (χ0) is 10.4. The number of carbonyl (C=O) groups is 1. The number of aldehydes is 1. The van der Waals surface area contributed by atoms with Gasteiger partial charge in [-0.3, -0.25) is 4.79 Å². The van der Waals surface area contributed by atoms with Crippen LogP contribution >= 0.6 is 0 Å². The highest BCUT2D eigenvalue weighted by molar-refractivity contribution is 5.83. The van der Waals surface area contributed by atoms with E-state index in [1.807, 2.05) is 0 Å². The fourth-order valence-corrected chi connectivity index (χ4v) is 0.683. The van der Waals surface area contributed by atoms with Gasteiger partial charge in [0, 0.05) is 6.21 Å². The summed E-state index contributed by atoms with van der Waals surface area (Å²) in [6, 6.07) is 2.66. The molecule has 0 aliphatic heterocycles. The lowest BCUT2D eigenvalue weighted by Crippen LogP contribution is -1.97. The Morgan fingerprint density at radius 1 is 1.57 bits per heavy atom. The van der Waals surface area contributed by atoms with Gasteiger partial charge in [0.2, 0.25) is 0 Å². The van der Waals surface area contributed by atoms with Gasteiger partial charge in [-0.1, -0.05) is 0 Å². The van der Waals surface area contributed by atoms with Gasteiger partial charge >= 0.3 is 0 Å². The van der Waals surface area contributed by atoms with Crippen molar-refractivity contribution in [3.63, 3.8) is 0 Å². The first-order chi connectivity index (χ1) is 6.72. The highest BCUT2D eigenvalue weighted by atomic mass is 19.1. The van der Waals surface area contributed by atoms with Crippen molar-refractivity contribution >= 4 is 18.3 Å². The van der Waals surface area contributed by atoms with Crippen molar-refractivity contribution in [3.8, 4) is 0 Å². The third-order valence-electron chi connectivity index (χ3n) is 1.32. The maximum Gasteiger partial charge on any atom is 0.165 e. The standard InChI is InChI=1S/C9H8FN3O/c10-7-1-2-9(13-5-7)12-4-3-8(11)6-14/h1-6H,11H2. The van der Waals surface area contributed by atoms with Gasteiger partial charge in [-0.25, -0.2) is 14.4 Å².